The third-order valence-electron chi connectivity index (χ3n) is 5.86. The van der Waals surface area contributed by atoms with Crippen molar-refractivity contribution in [1.82, 2.24) is 14.7 Å². The van der Waals surface area contributed by atoms with Gasteiger partial charge in [-0.2, -0.15) is 5.10 Å². The number of aryl methyl sites for hydroxylation is 1. The fourth-order valence-electron chi connectivity index (χ4n) is 3.63. The average molecular weight is 493 g/mol. The van der Waals surface area contributed by atoms with Crippen molar-refractivity contribution in [3.05, 3.63) is 71.4 Å². The number of nitrogens with one attached hydrogen (secondary N) is 1. The molecule has 3 rings (SSSR count). The van der Waals surface area contributed by atoms with E-state index in [4.69, 9.17) is 14.6 Å². The van der Waals surface area contributed by atoms with E-state index in [0.29, 0.717) is 24.5 Å². The second kappa shape index (κ2) is 11.9. The van der Waals surface area contributed by atoms with Gasteiger partial charge in [-0.25, -0.2) is 4.68 Å². The maximum Gasteiger partial charge on any atom is 0.254 e. The van der Waals surface area contributed by atoms with Crippen molar-refractivity contribution in [2.45, 2.75) is 39.5 Å². The fraction of sp³-hybridized carbons (Fsp3) is 0.393. The number of anilines is 1. The van der Waals surface area contributed by atoms with Crippen molar-refractivity contribution >= 4 is 17.6 Å². The first-order valence-corrected chi connectivity index (χ1v) is 12.1. The molecule has 2 amide bonds. The highest BCUT2D eigenvalue weighted by Crippen LogP contribution is 2.27. The number of methoxy groups -OCH3 is 2. The Labute approximate surface area is 213 Å². The predicted molar refractivity (Wildman–Crippen MR) is 141 cm³/mol. The number of rotatable bonds is 10. The van der Waals surface area contributed by atoms with Crippen molar-refractivity contribution < 1.29 is 19.1 Å². The van der Waals surface area contributed by atoms with Gasteiger partial charge in [0, 0.05) is 30.7 Å². The summed E-state index contributed by atoms with van der Waals surface area (Å²) in [6.45, 7) is 8.76. The molecule has 0 saturated heterocycles. The quantitative estimate of drug-likeness (QED) is 0.451. The fourth-order valence-corrected chi connectivity index (χ4v) is 3.63. The summed E-state index contributed by atoms with van der Waals surface area (Å²) in [5.41, 5.74) is 3.08. The monoisotopic (exact) mass is 492 g/mol. The number of carbonyl (C=O) groups excluding carboxylic acids is 2. The molecule has 0 aliphatic carbocycles. The lowest BCUT2D eigenvalue weighted by Gasteiger charge is -2.22. The molecule has 0 fully saturated rings. The molecule has 0 bridgehead atoms. The maximum atomic E-state index is 13.2. The maximum absolute atomic E-state index is 13.2. The normalized spacial score (nSPS) is 11.3. The molecule has 0 spiro atoms. The number of benzene rings is 2. The van der Waals surface area contributed by atoms with Gasteiger partial charge in [-0.1, -0.05) is 39.8 Å². The van der Waals surface area contributed by atoms with E-state index in [-0.39, 0.29) is 23.8 Å². The first kappa shape index (κ1) is 26.9. The Kier molecular flexibility index (Phi) is 8.88. The first-order valence-electron chi connectivity index (χ1n) is 12.1. The Morgan fingerprint density at radius 2 is 1.69 bits per heavy atom. The van der Waals surface area contributed by atoms with Crippen molar-refractivity contribution in [3.63, 3.8) is 0 Å². The van der Waals surface area contributed by atoms with Gasteiger partial charge in [0.2, 0.25) is 5.91 Å². The molecule has 0 saturated carbocycles. The first-order chi connectivity index (χ1) is 17.2. The highest BCUT2D eigenvalue weighted by molar-refractivity contribution is 5.99. The van der Waals surface area contributed by atoms with Crippen LogP contribution >= 0.6 is 0 Å². The predicted octanol–water partition coefficient (Wildman–Crippen LogP) is 4.47. The van der Waals surface area contributed by atoms with Gasteiger partial charge in [0.15, 0.2) is 0 Å². The third-order valence-corrected chi connectivity index (χ3v) is 5.86. The molecule has 36 heavy (non-hydrogen) atoms. The molecule has 3 aromatic rings. The van der Waals surface area contributed by atoms with Gasteiger partial charge in [-0.3, -0.25) is 9.59 Å². The van der Waals surface area contributed by atoms with Crippen LogP contribution in [0.1, 0.15) is 49.3 Å². The highest BCUT2D eigenvalue weighted by Gasteiger charge is 2.23. The number of nitrogens with zero attached hydrogens (tertiary/aromatic N) is 3. The Bertz CT molecular complexity index is 1160. The van der Waals surface area contributed by atoms with Crippen molar-refractivity contribution in [3.8, 4) is 11.4 Å². The minimum Gasteiger partial charge on any atom is -0.497 e. The largest absolute Gasteiger partial charge is 0.497 e. The molecular formula is C28H36N4O4. The minimum absolute atomic E-state index is 0.115. The van der Waals surface area contributed by atoms with E-state index in [9.17, 15) is 9.59 Å². The van der Waals surface area contributed by atoms with Crippen LogP contribution in [-0.4, -0.2) is 60.4 Å². The number of hydrogen-bond acceptors (Lipinski definition) is 5. The minimum atomic E-state index is -0.320. The van der Waals surface area contributed by atoms with Crippen LogP contribution in [-0.2, 0) is 21.4 Å². The smallest absolute Gasteiger partial charge is 0.254 e. The van der Waals surface area contributed by atoms with Gasteiger partial charge < -0.3 is 19.7 Å². The van der Waals surface area contributed by atoms with Crippen LogP contribution in [0, 0.1) is 0 Å². The zero-order valence-corrected chi connectivity index (χ0v) is 22.0. The summed E-state index contributed by atoms with van der Waals surface area (Å²) >= 11 is 0. The van der Waals surface area contributed by atoms with Gasteiger partial charge >= 0.3 is 0 Å². The summed E-state index contributed by atoms with van der Waals surface area (Å²) < 4.78 is 12.1. The summed E-state index contributed by atoms with van der Waals surface area (Å²) in [4.78, 5) is 27.8. The van der Waals surface area contributed by atoms with Crippen LogP contribution in [0.2, 0.25) is 0 Å². The summed E-state index contributed by atoms with van der Waals surface area (Å²) in [5.74, 6) is 0.719. The van der Waals surface area contributed by atoms with E-state index in [0.717, 1.165) is 29.1 Å². The van der Waals surface area contributed by atoms with Crippen LogP contribution in [0.15, 0.2) is 54.6 Å². The second-order valence-electron chi connectivity index (χ2n) is 9.59. The van der Waals surface area contributed by atoms with E-state index < -0.39 is 0 Å². The molecule has 0 aliphatic rings. The van der Waals surface area contributed by atoms with Gasteiger partial charge in [-0.05, 0) is 48.4 Å². The Morgan fingerprint density at radius 3 is 2.25 bits per heavy atom. The van der Waals surface area contributed by atoms with E-state index in [1.807, 2.05) is 42.5 Å². The second-order valence-corrected chi connectivity index (χ2v) is 9.59. The zero-order chi connectivity index (χ0) is 26.3. The number of carbonyl (C=O) groups is 2. The summed E-state index contributed by atoms with van der Waals surface area (Å²) in [5, 5.41) is 7.71. The van der Waals surface area contributed by atoms with Crippen molar-refractivity contribution in [2.75, 3.05) is 39.2 Å². The van der Waals surface area contributed by atoms with Gasteiger partial charge in [0.05, 0.1) is 25.1 Å². The number of ether oxygens (including phenoxy) is 2. The van der Waals surface area contributed by atoms with Crippen LogP contribution in [0.3, 0.4) is 0 Å². The molecule has 1 aromatic heterocycles. The number of aromatic nitrogens is 2. The van der Waals surface area contributed by atoms with Crippen molar-refractivity contribution in [2.24, 2.45) is 0 Å². The van der Waals surface area contributed by atoms with E-state index in [2.05, 4.69) is 33.0 Å². The molecule has 8 heteroatoms. The zero-order valence-electron chi connectivity index (χ0n) is 22.0. The number of amides is 2. The summed E-state index contributed by atoms with van der Waals surface area (Å²) in [6.07, 6.45) is 0.892. The van der Waals surface area contributed by atoms with E-state index in [1.54, 1.807) is 31.0 Å². The summed E-state index contributed by atoms with van der Waals surface area (Å²) in [7, 11) is 3.18. The molecule has 8 nitrogen and oxygen atoms in total. The molecular weight excluding hydrogens is 456 g/mol. The molecule has 0 radical (unpaired) electrons. The lowest BCUT2D eigenvalue weighted by molar-refractivity contribution is -0.117. The van der Waals surface area contributed by atoms with Crippen LogP contribution in [0.25, 0.3) is 5.69 Å². The summed E-state index contributed by atoms with van der Waals surface area (Å²) in [6, 6.07) is 16.8. The topological polar surface area (TPSA) is 85.7 Å². The van der Waals surface area contributed by atoms with E-state index >= 15 is 0 Å². The third kappa shape index (κ3) is 6.73. The lowest BCUT2D eigenvalue weighted by atomic mass is 9.92. The Balaban J connectivity index is 1.84. The molecule has 2 aromatic carbocycles. The Morgan fingerprint density at radius 1 is 1.03 bits per heavy atom. The molecule has 0 aliphatic heterocycles. The molecule has 0 unspecified atom stereocenters. The van der Waals surface area contributed by atoms with Crippen LogP contribution < -0.4 is 10.1 Å². The molecule has 1 heterocycles. The van der Waals surface area contributed by atoms with Gasteiger partial charge in [0.25, 0.3) is 5.91 Å². The molecule has 192 valence electrons. The standard InChI is InChI=1S/C28H36N4O4/c1-7-20-8-10-21(11-9-20)27(34)31(16-17-35-5)19-26(33)29-25-18-24(28(2,3)4)30-32(25)22-12-14-23(36-6)15-13-22/h8-15,18H,7,16-17,19H2,1-6H3,(H,29,33). The number of hydrogen-bond donors (Lipinski definition) is 1. The van der Waals surface area contributed by atoms with Crippen molar-refractivity contribution in [1.29, 1.82) is 0 Å². The molecule has 1 N–H and O–H groups in total. The van der Waals surface area contributed by atoms with E-state index in [1.165, 1.54) is 4.90 Å². The van der Waals surface area contributed by atoms with Gasteiger partial charge in [0.1, 0.15) is 18.1 Å². The average Bonchev–Trinajstić information content (AvgIpc) is 3.30. The van der Waals surface area contributed by atoms with Crippen LogP contribution in [0.4, 0.5) is 5.82 Å². The molecule has 0 atom stereocenters. The van der Waals surface area contributed by atoms with Crippen LogP contribution in [0.5, 0.6) is 5.75 Å². The highest BCUT2D eigenvalue weighted by atomic mass is 16.5. The van der Waals surface area contributed by atoms with Gasteiger partial charge in [-0.15, -0.1) is 0 Å². The Hall–Kier alpha value is -3.65. The SMILES string of the molecule is CCc1ccc(C(=O)N(CCOC)CC(=O)Nc2cc(C(C)(C)C)nn2-c2ccc(OC)cc2)cc1. The lowest BCUT2D eigenvalue weighted by Crippen LogP contribution is -2.40.